The summed E-state index contributed by atoms with van der Waals surface area (Å²) in [6.45, 7) is 12.4. The summed E-state index contributed by atoms with van der Waals surface area (Å²) < 4.78 is 0. The highest BCUT2D eigenvalue weighted by Crippen LogP contribution is 2.26. The van der Waals surface area contributed by atoms with E-state index in [9.17, 15) is 0 Å². The van der Waals surface area contributed by atoms with Gasteiger partial charge < -0.3 is 0 Å². The van der Waals surface area contributed by atoms with Gasteiger partial charge in [-0.1, -0.05) is 13.8 Å². The minimum absolute atomic E-state index is 0.755. The van der Waals surface area contributed by atoms with Gasteiger partial charge in [-0.2, -0.15) is 11.8 Å². The van der Waals surface area contributed by atoms with Crippen molar-refractivity contribution in [1.29, 1.82) is 0 Å². The largest absolute Gasteiger partial charge is 0.294 e. The van der Waals surface area contributed by atoms with Crippen LogP contribution in [0.15, 0.2) is 0 Å². The van der Waals surface area contributed by atoms with Crippen LogP contribution in [0.5, 0.6) is 0 Å². The highest BCUT2D eigenvalue weighted by Gasteiger charge is 2.22. The van der Waals surface area contributed by atoms with Gasteiger partial charge in [0.25, 0.3) is 0 Å². The highest BCUT2D eigenvalue weighted by molar-refractivity contribution is 8.00. The molecule has 0 bridgehead atoms. The quantitative estimate of drug-likeness (QED) is 0.809. The van der Waals surface area contributed by atoms with Crippen LogP contribution >= 0.6 is 23.1 Å². The minimum Gasteiger partial charge on any atom is -0.294 e. The maximum absolute atomic E-state index is 4.62. The molecule has 16 heavy (non-hydrogen) atoms. The van der Waals surface area contributed by atoms with Crippen molar-refractivity contribution < 1.29 is 0 Å². The minimum atomic E-state index is 0.755. The van der Waals surface area contributed by atoms with Crippen molar-refractivity contribution in [1.82, 2.24) is 9.88 Å². The summed E-state index contributed by atoms with van der Waals surface area (Å²) in [4.78, 5) is 8.53. The second-order valence-electron chi connectivity index (χ2n) is 4.70. The lowest BCUT2D eigenvalue weighted by Crippen LogP contribution is -2.39. The molecule has 4 heteroatoms. The zero-order valence-corrected chi connectivity index (χ0v) is 12.1. The summed E-state index contributed by atoms with van der Waals surface area (Å²) in [5.74, 6) is 0. The van der Waals surface area contributed by atoms with Crippen LogP contribution in [0, 0.1) is 13.8 Å². The molecule has 2 atom stereocenters. The van der Waals surface area contributed by atoms with Crippen molar-refractivity contribution in [3.63, 3.8) is 0 Å². The van der Waals surface area contributed by atoms with Crippen LogP contribution in [0.2, 0.25) is 0 Å². The average Bonchev–Trinajstić information content (AvgIpc) is 2.43. The Morgan fingerprint density at radius 3 is 2.38 bits per heavy atom. The molecule has 0 aromatic carbocycles. The molecule has 0 spiro atoms. The van der Waals surface area contributed by atoms with E-state index in [-0.39, 0.29) is 0 Å². The number of aryl methyl sites for hydroxylation is 2. The summed E-state index contributed by atoms with van der Waals surface area (Å²) in [7, 11) is 0. The van der Waals surface area contributed by atoms with E-state index < -0.39 is 0 Å². The molecule has 0 amide bonds. The molecule has 0 N–H and O–H groups in total. The molecule has 1 aromatic rings. The molecular formula is C12H20N2S2. The van der Waals surface area contributed by atoms with E-state index in [0.29, 0.717) is 0 Å². The van der Waals surface area contributed by atoms with E-state index in [4.69, 9.17) is 0 Å². The molecule has 0 radical (unpaired) electrons. The molecule has 2 nitrogen and oxygen atoms in total. The van der Waals surface area contributed by atoms with Crippen LogP contribution in [-0.4, -0.2) is 33.5 Å². The van der Waals surface area contributed by atoms with Gasteiger partial charge in [-0.25, -0.2) is 4.98 Å². The number of thiazole rings is 1. The maximum Gasteiger partial charge on any atom is 0.107 e. The number of nitrogens with zero attached hydrogens (tertiary/aromatic N) is 2. The summed E-state index contributed by atoms with van der Waals surface area (Å²) in [6, 6.07) is 0. The molecule has 1 fully saturated rings. The van der Waals surface area contributed by atoms with Crippen molar-refractivity contribution in [3.8, 4) is 0 Å². The molecule has 2 unspecified atom stereocenters. The van der Waals surface area contributed by atoms with E-state index >= 15 is 0 Å². The first kappa shape index (κ1) is 12.4. The summed E-state index contributed by atoms with van der Waals surface area (Å²) in [5.41, 5.74) is 1.20. The van der Waals surface area contributed by atoms with Crippen LogP contribution in [0.3, 0.4) is 0 Å². The van der Waals surface area contributed by atoms with Gasteiger partial charge in [-0.05, 0) is 13.8 Å². The van der Waals surface area contributed by atoms with Gasteiger partial charge in [0.15, 0.2) is 0 Å². The third-order valence-electron chi connectivity index (χ3n) is 2.93. The second-order valence-corrected chi connectivity index (χ2v) is 7.87. The monoisotopic (exact) mass is 256 g/mol. The molecule has 1 aromatic heterocycles. The lowest BCUT2D eigenvalue weighted by Gasteiger charge is -2.33. The van der Waals surface area contributed by atoms with Crippen LogP contribution < -0.4 is 0 Å². The Kier molecular flexibility index (Phi) is 3.93. The number of thioether (sulfide) groups is 1. The van der Waals surface area contributed by atoms with Crippen LogP contribution in [0.25, 0.3) is 0 Å². The maximum atomic E-state index is 4.62. The van der Waals surface area contributed by atoms with Gasteiger partial charge in [-0.3, -0.25) is 4.90 Å². The van der Waals surface area contributed by atoms with Gasteiger partial charge >= 0.3 is 0 Å². The second kappa shape index (κ2) is 5.07. The first-order valence-electron chi connectivity index (χ1n) is 5.85. The lowest BCUT2D eigenvalue weighted by atomic mass is 10.3. The summed E-state index contributed by atoms with van der Waals surface area (Å²) in [5, 5.41) is 2.79. The zero-order chi connectivity index (χ0) is 11.7. The fourth-order valence-electron chi connectivity index (χ4n) is 2.21. The van der Waals surface area contributed by atoms with E-state index in [1.54, 1.807) is 0 Å². The third kappa shape index (κ3) is 2.99. The van der Waals surface area contributed by atoms with E-state index in [2.05, 4.69) is 49.3 Å². The molecule has 2 heterocycles. The van der Waals surface area contributed by atoms with Crippen LogP contribution in [0.1, 0.15) is 29.4 Å². The fourth-order valence-corrected chi connectivity index (χ4v) is 4.57. The number of rotatable bonds is 2. The Balaban J connectivity index is 1.98. The normalized spacial score (nSPS) is 27.2. The van der Waals surface area contributed by atoms with Crippen molar-refractivity contribution in [2.24, 2.45) is 0 Å². The molecular weight excluding hydrogens is 236 g/mol. The SMILES string of the molecule is Cc1nc(CN2CC(C)SC(C)C2)sc1C. The predicted octanol–water partition coefficient (Wildman–Crippen LogP) is 3.09. The van der Waals surface area contributed by atoms with Crippen molar-refractivity contribution in [2.75, 3.05) is 13.1 Å². The molecule has 90 valence electrons. The third-order valence-corrected chi connectivity index (χ3v) is 5.21. The Labute approximate surface area is 106 Å². The lowest BCUT2D eigenvalue weighted by molar-refractivity contribution is 0.262. The molecule has 1 aliphatic heterocycles. The van der Waals surface area contributed by atoms with E-state index in [1.165, 1.54) is 28.7 Å². The highest BCUT2D eigenvalue weighted by atomic mass is 32.2. The standard InChI is InChI=1S/C12H20N2S2/c1-8-5-14(6-9(2)15-8)7-12-13-10(3)11(4)16-12/h8-9H,5-7H2,1-4H3. The van der Waals surface area contributed by atoms with Crippen LogP contribution in [-0.2, 0) is 6.54 Å². The Bertz CT molecular complexity index is 332. The smallest absolute Gasteiger partial charge is 0.107 e. The van der Waals surface area contributed by atoms with Gasteiger partial charge in [-0.15, -0.1) is 11.3 Å². The summed E-state index contributed by atoms with van der Waals surface area (Å²) >= 11 is 3.96. The fraction of sp³-hybridized carbons (Fsp3) is 0.750. The van der Waals surface area contributed by atoms with Gasteiger partial charge in [0.2, 0.25) is 0 Å². The number of hydrogen-bond donors (Lipinski definition) is 0. The van der Waals surface area contributed by atoms with Gasteiger partial charge in [0, 0.05) is 28.5 Å². The molecule has 1 saturated heterocycles. The molecule has 2 rings (SSSR count). The average molecular weight is 256 g/mol. The van der Waals surface area contributed by atoms with Crippen LogP contribution in [0.4, 0.5) is 0 Å². The van der Waals surface area contributed by atoms with E-state index in [1.807, 2.05) is 11.3 Å². The first-order chi connectivity index (χ1) is 7.54. The Morgan fingerprint density at radius 2 is 1.88 bits per heavy atom. The zero-order valence-electron chi connectivity index (χ0n) is 10.5. The first-order valence-corrected chi connectivity index (χ1v) is 7.61. The molecule has 1 aliphatic rings. The Morgan fingerprint density at radius 1 is 1.25 bits per heavy atom. The van der Waals surface area contributed by atoms with Crippen molar-refractivity contribution in [2.45, 2.75) is 44.7 Å². The van der Waals surface area contributed by atoms with Crippen molar-refractivity contribution >= 4 is 23.1 Å². The number of aromatic nitrogens is 1. The number of hydrogen-bond acceptors (Lipinski definition) is 4. The topological polar surface area (TPSA) is 16.1 Å². The molecule has 0 saturated carbocycles. The van der Waals surface area contributed by atoms with Gasteiger partial charge in [0.05, 0.1) is 12.2 Å². The van der Waals surface area contributed by atoms with Gasteiger partial charge in [0.1, 0.15) is 5.01 Å². The van der Waals surface area contributed by atoms with Crippen molar-refractivity contribution in [3.05, 3.63) is 15.6 Å². The predicted molar refractivity (Wildman–Crippen MR) is 73.4 cm³/mol. The van der Waals surface area contributed by atoms with E-state index in [0.717, 1.165) is 17.0 Å². The Hall–Kier alpha value is -0.0600. The molecule has 0 aliphatic carbocycles. The summed E-state index contributed by atoms with van der Waals surface area (Å²) in [6.07, 6.45) is 0.